The summed E-state index contributed by atoms with van der Waals surface area (Å²) in [6, 6.07) is 19.4. The molecule has 0 saturated carbocycles. The molecule has 2 aliphatic heterocycles. The first-order valence-corrected chi connectivity index (χ1v) is 11.9. The Morgan fingerprint density at radius 3 is 2.65 bits per heavy atom. The zero-order valence-electron chi connectivity index (χ0n) is 19.1. The monoisotopic (exact) mass is 458 g/mol. The molecule has 3 N–H and O–H groups in total. The summed E-state index contributed by atoms with van der Waals surface area (Å²) < 4.78 is 5.39. The molecule has 7 heteroatoms. The highest BCUT2D eigenvalue weighted by Gasteiger charge is 2.36. The molecule has 2 unspecified atom stereocenters. The van der Waals surface area contributed by atoms with Crippen LogP contribution in [-0.4, -0.2) is 55.2 Å². The third-order valence-corrected chi connectivity index (χ3v) is 6.68. The van der Waals surface area contributed by atoms with E-state index in [1.165, 1.54) is 0 Å². The van der Waals surface area contributed by atoms with E-state index in [-0.39, 0.29) is 23.4 Å². The van der Waals surface area contributed by atoms with Gasteiger partial charge in [-0.05, 0) is 54.4 Å². The van der Waals surface area contributed by atoms with Gasteiger partial charge in [-0.2, -0.15) is 0 Å². The lowest BCUT2D eigenvalue weighted by molar-refractivity contribution is 0.0374. The molecule has 3 heterocycles. The fraction of sp³-hybridized carbons (Fsp3) is 0.333. The summed E-state index contributed by atoms with van der Waals surface area (Å²) in [7, 11) is 0. The van der Waals surface area contributed by atoms with Crippen LogP contribution in [0.3, 0.4) is 0 Å². The van der Waals surface area contributed by atoms with E-state index < -0.39 is 0 Å². The van der Waals surface area contributed by atoms with E-state index in [1.807, 2.05) is 48.5 Å². The number of pyridine rings is 1. The number of hydrogen-bond acceptors (Lipinski definition) is 5. The van der Waals surface area contributed by atoms with Gasteiger partial charge in [0.05, 0.1) is 19.3 Å². The van der Waals surface area contributed by atoms with E-state index in [1.54, 1.807) is 6.20 Å². The molecule has 0 radical (unpaired) electrons. The van der Waals surface area contributed by atoms with E-state index in [4.69, 9.17) is 4.74 Å². The lowest BCUT2D eigenvalue weighted by Gasteiger charge is -2.26. The lowest BCUT2D eigenvalue weighted by Crippen LogP contribution is -2.38. The number of benzene rings is 2. The number of aromatic nitrogens is 1. The summed E-state index contributed by atoms with van der Waals surface area (Å²) in [5.74, 6) is -0.147. The first-order valence-electron chi connectivity index (χ1n) is 11.9. The van der Waals surface area contributed by atoms with Gasteiger partial charge in [0.25, 0.3) is 11.5 Å². The number of morpholine rings is 1. The number of amides is 1. The molecule has 1 aromatic heterocycles. The summed E-state index contributed by atoms with van der Waals surface area (Å²) in [6.07, 6.45) is 2.55. The van der Waals surface area contributed by atoms with Gasteiger partial charge in [0.15, 0.2) is 0 Å². The molecular weight excluding hydrogens is 428 g/mol. The highest BCUT2D eigenvalue weighted by molar-refractivity contribution is 5.95. The number of anilines is 1. The quantitative estimate of drug-likeness (QED) is 0.474. The Labute approximate surface area is 199 Å². The zero-order chi connectivity index (χ0) is 23.3. The number of carbonyl (C=O) groups excluding carboxylic acids is 1. The number of nitrogens with zero attached hydrogens (tertiary/aromatic N) is 1. The normalized spacial score (nSPS) is 19.9. The van der Waals surface area contributed by atoms with Crippen molar-refractivity contribution in [2.24, 2.45) is 0 Å². The fourth-order valence-corrected chi connectivity index (χ4v) is 4.92. The third-order valence-electron chi connectivity index (χ3n) is 6.68. The maximum atomic E-state index is 12.9. The second kappa shape index (κ2) is 10.2. The molecule has 176 valence electrons. The van der Waals surface area contributed by atoms with Crippen molar-refractivity contribution in [1.29, 1.82) is 0 Å². The van der Waals surface area contributed by atoms with Gasteiger partial charge in [-0.25, -0.2) is 0 Å². The Hall–Kier alpha value is -3.42. The Balaban J connectivity index is 1.34. The highest BCUT2D eigenvalue weighted by atomic mass is 16.5. The average Bonchev–Trinajstić information content (AvgIpc) is 3.26. The maximum absolute atomic E-state index is 12.9. The number of ether oxygens (including phenoxy) is 1. The number of fused-ring (bicyclic) bond motifs is 1. The Morgan fingerprint density at radius 2 is 1.85 bits per heavy atom. The third kappa shape index (κ3) is 4.76. The molecule has 5 rings (SSSR count). The zero-order valence-corrected chi connectivity index (χ0v) is 19.1. The molecule has 0 bridgehead atoms. The Morgan fingerprint density at radius 1 is 1.03 bits per heavy atom. The van der Waals surface area contributed by atoms with Crippen LogP contribution in [0.15, 0.2) is 71.7 Å². The van der Waals surface area contributed by atoms with Gasteiger partial charge in [-0.15, -0.1) is 0 Å². The van der Waals surface area contributed by atoms with Gasteiger partial charge in [0.2, 0.25) is 0 Å². The molecule has 2 aliphatic rings. The fourth-order valence-electron chi connectivity index (χ4n) is 4.92. The van der Waals surface area contributed by atoms with Crippen molar-refractivity contribution in [1.82, 2.24) is 15.2 Å². The van der Waals surface area contributed by atoms with Gasteiger partial charge in [0, 0.05) is 48.6 Å². The van der Waals surface area contributed by atoms with Crippen molar-refractivity contribution in [2.45, 2.75) is 18.4 Å². The summed E-state index contributed by atoms with van der Waals surface area (Å²) in [5.41, 5.74) is 4.29. The average molecular weight is 459 g/mol. The molecular formula is C27H30N4O3. The molecule has 34 heavy (non-hydrogen) atoms. The highest BCUT2D eigenvalue weighted by Crippen LogP contribution is 2.47. The maximum Gasteiger partial charge on any atom is 0.253 e. The van der Waals surface area contributed by atoms with Crippen LogP contribution < -0.4 is 16.2 Å². The van der Waals surface area contributed by atoms with Gasteiger partial charge in [-0.1, -0.05) is 30.3 Å². The second-order valence-electron chi connectivity index (χ2n) is 8.83. The predicted octanol–water partition coefficient (Wildman–Crippen LogP) is 3.13. The van der Waals surface area contributed by atoms with Crippen LogP contribution in [0.4, 0.5) is 5.69 Å². The van der Waals surface area contributed by atoms with Crippen LogP contribution >= 0.6 is 0 Å². The standard InChI is InChI=1S/C27H30N4O3/c32-26(28-12-5-13-31-14-16-34-17-15-31)20-9-10-23-22(18-20)24(19-6-2-1-3-7-19)25(30-23)21-8-4-11-29-27(21)33/h1-4,6-11,18,24-25,30H,5,12-17H2,(H,28,32)(H,29,33). The molecule has 2 aromatic carbocycles. The molecule has 1 amide bonds. The number of hydrogen-bond donors (Lipinski definition) is 3. The Bertz CT molecular complexity index is 1190. The molecule has 3 aromatic rings. The van der Waals surface area contributed by atoms with Crippen LogP contribution in [-0.2, 0) is 4.74 Å². The first kappa shape index (κ1) is 22.4. The van der Waals surface area contributed by atoms with Crippen LogP contribution in [0.5, 0.6) is 0 Å². The lowest BCUT2D eigenvalue weighted by atomic mass is 9.84. The van der Waals surface area contributed by atoms with E-state index in [0.717, 1.165) is 56.1 Å². The molecule has 7 nitrogen and oxygen atoms in total. The number of aromatic amines is 1. The van der Waals surface area contributed by atoms with Crippen LogP contribution in [0, 0.1) is 0 Å². The first-order chi connectivity index (χ1) is 16.7. The van der Waals surface area contributed by atoms with Crippen molar-refractivity contribution >= 4 is 11.6 Å². The minimum Gasteiger partial charge on any atom is -0.379 e. The largest absolute Gasteiger partial charge is 0.379 e. The van der Waals surface area contributed by atoms with Gasteiger partial charge in [-0.3, -0.25) is 14.5 Å². The van der Waals surface area contributed by atoms with E-state index in [9.17, 15) is 9.59 Å². The van der Waals surface area contributed by atoms with Gasteiger partial charge >= 0.3 is 0 Å². The van der Waals surface area contributed by atoms with Gasteiger partial charge < -0.3 is 20.4 Å². The van der Waals surface area contributed by atoms with E-state index in [0.29, 0.717) is 17.7 Å². The van der Waals surface area contributed by atoms with Crippen molar-refractivity contribution in [3.05, 3.63) is 99.5 Å². The minimum absolute atomic E-state index is 0.0717. The number of carbonyl (C=O) groups is 1. The number of H-pyrrole nitrogens is 1. The minimum atomic E-state index is -0.214. The van der Waals surface area contributed by atoms with Crippen molar-refractivity contribution < 1.29 is 9.53 Å². The van der Waals surface area contributed by atoms with Crippen LogP contribution in [0.1, 0.15) is 45.4 Å². The SMILES string of the molecule is O=C(NCCCN1CCOCC1)c1ccc2c(c1)C(c1ccccc1)C(c1ccc[nH]c1=O)N2. The number of rotatable bonds is 7. The van der Waals surface area contributed by atoms with E-state index >= 15 is 0 Å². The summed E-state index contributed by atoms with van der Waals surface area (Å²) in [6.45, 7) is 5.08. The molecule has 2 atom stereocenters. The molecule has 1 fully saturated rings. The van der Waals surface area contributed by atoms with Crippen LogP contribution in [0.2, 0.25) is 0 Å². The van der Waals surface area contributed by atoms with Crippen LogP contribution in [0.25, 0.3) is 0 Å². The van der Waals surface area contributed by atoms with Crippen molar-refractivity contribution in [3.63, 3.8) is 0 Å². The summed E-state index contributed by atoms with van der Waals surface area (Å²) in [4.78, 5) is 30.7. The van der Waals surface area contributed by atoms with Crippen molar-refractivity contribution in [3.8, 4) is 0 Å². The predicted molar refractivity (Wildman–Crippen MR) is 132 cm³/mol. The summed E-state index contributed by atoms with van der Waals surface area (Å²) >= 11 is 0. The Kier molecular flexibility index (Phi) is 6.74. The molecule has 1 saturated heterocycles. The molecule has 0 aliphatic carbocycles. The smallest absolute Gasteiger partial charge is 0.253 e. The van der Waals surface area contributed by atoms with E-state index in [2.05, 4.69) is 32.7 Å². The summed E-state index contributed by atoms with van der Waals surface area (Å²) in [5, 5.41) is 6.59. The number of nitrogens with one attached hydrogen (secondary N) is 3. The second-order valence-corrected chi connectivity index (χ2v) is 8.83. The van der Waals surface area contributed by atoms with Gasteiger partial charge in [0.1, 0.15) is 0 Å². The van der Waals surface area contributed by atoms with Crippen molar-refractivity contribution in [2.75, 3.05) is 44.7 Å². The topological polar surface area (TPSA) is 86.5 Å². The molecule has 0 spiro atoms.